The van der Waals surface area contributed by atoms with Crippen LogP contribution in [0.4, 0.5) is 18.0 Å². The number of benzene rings is 3. The summed E-state index contributed by atoms with van der Waals surface area (Å²) in [5, 5.41) is 6.20. The third-order valence-electron chi connectivity index (χ3n) is 6.34. The molecule has 0 bridgehead atoms. The van der Waals surface area contributed by atoms with E-state index in [1.54, 1.807) is 6.07 Å². The van der Waals surface area contributed by atoms with Gasteiger partial charge in [0.15, 0.2) is 0 Å². The number of carbonyl (C=O) groups is 1. The summed E-state index contributed by atoms with van der Waals surface area (Å²) in [5.41, 5.74) is 3.48. The molecule has 1 aliphatic carbocycles. The minimum atomic E-state index is -4.61. The van der Waals surface area contributed by atoms with E-state index in [-0.39, 0.29) is 12.5 Å². The Hall–Kier alpha value is -3.37. The third-order valence-corrected chi connectivity index (χ3v) is 8.03. The highest BCUT2D eigenvalue weighted by molar-refractivity contribution is 7.90. The maximum absolute atomic E-state index is 13.0. The zero-order chi connectivity index (χ0) is 25.7. The first-order valence-corrected chi connectivity index (χ1v) is 12.9. The number of nitrogens with zero attached hydrogens (tertiary/aromatic N) is 2. The van der Waals surface area contributed by atoms with Gasteiger partial charge in [0, 0.05) is 16.5 Å². The van der Waals surface area contributed by atoms with E-state index in [0.29, 0.717) is 22.9 Å². The van der Waals surface area contributed by atoms with E-state index in [4.69, 9.17) is 11.6 Å². The second-order valence-electron chi connectivity index (χ2n) is 8.52. The number of rotatable bonds is 4. The van der Waals surface area contributed by atoms with Gasteiger partial charge in [0.05, 0.1) is 22.7 Å². The molecule has 5 rings (SSSR count). The molecule has 36 heavy (non-hydrogen) atoms. The van der Waals surface area contributed by atoms with E-state index in [0.717, 1.165) is 52.2 Å². The molecule has 1 heterocycles. The molecule has 1 unspecified atom stereocenters. The monoisotopic (exact) mass is 533 g/mol. The second kappa shape index (κ2) is 8.94. The van der Waals surface area contributed by atoms with Gasteiger partial charge < -0.3 is 0 Å². The Balaban J connectivity index is 1.44. The maximum atomic E-state index is 13.0. The summed E-state index contributed by atoms with van der Waals surface area (Å²) in [6, 6.07) is 15.0. The first-order chi connectivity index (χ1) is 17.0. The van der Waals surface area contributed by atoms with E-state index in [2.05, 4.69) is 5.10 Å². The first-order valence-electron chi connectivity index (χ1n) is 11.0. The molecule has 0 aromatic heterocycles. The molecule has 0 saturated heterocycles. The van der Waals surface area contributed by atoms with Gasteiger partial charge in [0.2, 0.25) is 0 Å². The highest BCUT2D eigenvalue weighted by Gasteiger charge is 2.36. The lowest BCUT2D eigenvalue weighted by Crippen LogP contribution is -2.39. The Morgan fingerprint density at radius 1 is 0.972 bits per heavy atom. The van der Waals surface area contributed by atoms with Crippen molar-refractivity contribution in [2.75, 3.05) is 6.54 Å². The van der Waals surface area contributed by atoms with Gasteiger partial charge in [-0.2, -0.15) is 18.3 Å². The number of nitrogens with one attached hydrogen (secondary N) is 1. The molecule has 186 valence electrons. The molecule has 2 amide bonds. The Morgan fingerprint density at radius 3 is 2.25 bits per heavy atom. The van der Waals surface area contributed by atoms with E-state index >= 15 is 0 Å². The molecule has 0 radical (unpaired) electrons. The van der Waals surface area contributed by atoms with Crippen LogP contribution in [0.25, 0.3) is 0 Å². The zero-order valence-corrected chi connectivity index (χ0v) is 20.2. The molecule has 0 spiro atoms. The number of carbonyl (C=O) groups excluding carboxylic acids is 1. The highest BCUT2D eigenvalue weighted by Crippen LogP contribution is 2.38. The van der Waals surface area contributed by atoms with Crippen molar-refractivity contribution >= 4 is 33.4 Å². The molecule has 0 fully saturated rings. The number of alkyl halides is 3. The van der Waals surface area contributed by atoms with Gasteiger partial charge in [-0.05, 0) is 59.9 Å². The third kappa shape index (κ3) is 4.46. The predicted molar refractivity (Wildman–Crippen MR) is 128 cm³/mol. The minimum absolute atomic E-state index is 0.0884. The maximum Gasteiger partial charge on any atom is 0.416 e. The fourth-order valence-corrected chi connectivity index (χ4v) is 5.62. The average Bonchev–Trinajstić information content (AvgIpc) is 3.26. The summed E-state index contributed by atoms with van der Waals surface area (Å²) in [6.07, 6.45) is -2.94. The van der Waals surface area contributed by atoms with Crippen molar-refractivity contribution in [1.82, 2.24) is 9.73 Å². The summed E-state index contributed by atoms with van der Waals surface area (Å²) < 4.78 is 65.8. The minimum Gasteiger partial charge on any atom is -0.246 e. The van der Waals surface area contributed by atoms with Crippen molar-refractivity contribution in [3.8, 4) is 0 Å². The van der Waals surface area contributed by atoms with E-state index in [1.807, 2.05) is 41.1 Å². The van der Waals surface area contributed by atoms with Crippen LogP contribution in [0, 0.1) is 0 Å². The summed E-state index contributed by atoms with van der Waals surface area (Å²) in [7, 11) is -4.43. The van der Waals surface area contributed by atoms with Crippen LogP contribution < -0.4 is 4.72 Å². The van der Waals surface area contributed by atoms with E-state index < -0.39 is 32.7 Å². The molecule has 0 saturated carbocycles. The lowest BCUT2D eigenvalue weighted by atomic mass is 9.80. The fraction of sp³-hybridized carbons (Fsp3) is 0.200. The van der Waals surface area contributed by atoms with Gasteiger partial charge in [-0.15, -0.1) is 0 Å². The number of hydrogen-bond acceptors (Lipinski definition) is 4. The largest absolute Gasteiger partial charge is 0.416 e. The standard InChI is InChI=1S/C25H19ClF3N3O3S/c26-22-13-12-20(18-10-11-19(18)22)23-21(15-4-2-1-3-5-15)14-32(30-23)24(33)31-36(34,35)17-8-6-16(7-9-17)25(27,28)29/h1-9,12-13,21H,10-11,14H2,(H,31,33). The van der Waals surface area contributed by atoms with Crippen molar-refractivity contribution in [1.29, 1.82) is 0 Å². The number of urea groups is 1. The van der Waals surface area contributed by atoms with Crippen LogP contribution in [0.2, 0.25) is 5.02 Å². The lowest BCUT2D eigenvalue weighted by molar-refractivity contribution is -0.137. The van der Waals surface area contributed by atoms with Crippen LogP contribution in [0.15, 0.2) is 76.7 Å². The van der Waals surface area contributed by atoms with Gasteiger partial charge in [0.25, 0.3) is 10.0 Å². The van der Waals surface area contributed by atoms with Gasteiger partial charge >= 0.3 is 12.2 Å². The van der Waals surface area contributed by atoms with Gasteiger partial charge in [-0.1, -0.05) is 48.0 Å². The Kier molecular flexibility index (Phi) is 6.04. The number of fused-ring (bicyclic) bond motifs is 1. The van der Waals surface area contributed by atoms with Crippen LogP contribution in [-0.4, -0.2) is 31.7 Å². The van der Waals surface area contributed by atoms with Crippen molar-refractivity contribution < 1.29 is 26.4 Å². The van der Waals surface area contributed by atoms with Gasteiger partial charge in [-0.3, -0.25) is 0 Å². The molecule has 1 atom stereocenters. The Morgan fingerprint density at radius 2 is 1.64 bits per heavy atom. The quantitative estimate of drug-likeness (QED) is 0.490. The molecule has 1 aliphatic heterocycles. The van der Waals surface area contributed by atoms with Crippen LogP contribution in [0.3, 0.4) is 0 Å². The van der Waals surface area contributed by atoms with Crippen molar-refractivity contribution in [2.24, 2.45) is 5.10 Å². The van der Waals surface area contributed by atoms with Crippen molar-refractivity contribution in [3.05, 3.63) is 99.6 Å². The zero-order valence-electron chi connectivity index (χ0n) is 18.6. The average molecular weight is 534 g/mol. The van der Waals surface area contributed by atoms with Crippen molar-refractivity contribution in [3.63, 3.8) is 0 Å². The highest BCUT2D eigenvalue weighted by atomic mass is 35.5. The smallest absolute Gasteiger partial charge is 0.246 e. The molecule has 3 aromatic carbocycles. The van der Waals surface area contributed by atoms with Crippen LogP contribution in [0.5, 0.6) is 0 Å². The summed E-state index contributed by atoms with van der Waals surface area (Å²) >= 11 is 6.30. The molecular formula is C25H19ClF3N3O3S. The predicted octanol–water partition coefficient (Wildman–Crippen LogP) is 5.36. The lowest BCUT2D eigenvalue weighted by Gasteiger charge is -2.25. The molecule has 1 N–H and O–H groups in total. The van der Waals surface area contributed by atoms with E-state index in [1.165, 1.54) is 0 Å². The summed E-state index contributed by atoms with van der Waals surface area (Å²) in [5.74, 6) is -0.309. The van der Waals surface area contributed by atoms with Gasteiger partial charge in [0.1, 0.15) is 0 Å². The van der Waals surface area contributed by atoms with E-state index in [9.17, 15) is 26.4 Å². The van der Waals surface area contributed by atoms with Gasteiger partial charge in [-0.25, -0.2) is 22.9 Å². The Labute approximate surface area is 210 Å². The molecule has 2 aliphatic rings. The van der Waals surface area contributed by atoms with Crippen LogP contribution >= 0.6 is 11.6 Å². The number of sulfonamides is 1. The fourth-order valence-electron chi connectivity index (χ4n) is 4.40. The number of hydrazone groups is 1. The number of halogens is 4. The Bertz CT molecular complexity index is 1470. The first kappa shape index (κ1) is 24.3. The molecule has 6 nitrogen and oxygen atoms in total. The summed E-state index contributed by atoms with van der Waals surface area (Å²) in [4.78, 5) is 12.5. The molecule has 11 heteroatoms. The number of amides is 2. The van der Waals surface area contributed by atoms with Crippen molar-refractivity contribution in [2.45, 2.75) is 29.8 Å². The number of hydrogen-bond donors (Lipinski definition) is 1. The summed E-state index contributed by atoms with van der Waals surface area (Å²) in [6.45, 7) is 0.0884. The van der Waals surface area contributed by atoms with Crippen LogP contribution in [0.1, 0.15) is 33.7 Å². The molecule has 3 aromatic rings. The normalized spacial score (nSPS) is 17.3. The molecular weight excluding hydrogens is 515 g/mol. The SMILES string of the molecule is O=C(NS(=O)(=O)c1ccc(C(F)(F)F)cc1)N1CC(c2ccccc2)C(c2ccc(Cl)c3c2CC3)=N1. The topological polar surface area (TPSA) is 78.8 Å². The van der Waals surface area contributed by atoms with Crippen LogP contribution in [-0.2, 0) is 29.0 Å². The second-order valence-corrected chi connectivity index (χ2v) is 10.6.